The van der Waals surface area contributed by atoms with Crippen LogP contribution < -0.4 is 0 Å². The van der Waals surface area contributed by atoms with Gasteiger partial charge in [-0.1, -0.05) is 35.9 Å². The number of ether oxygens (including phenoxy) is 1. The molecule has 5 nitrogen and oxygen atoms in total. The van der Waals surface area contributed by atoms with Crippen molar-refractivity contribution in [2.45, 2.75) is 19.1 Å². The number of hydrogen-bond acceptors (Lipinski definition) is 4. The molecule has 0 N–H and O–H groups in total. The summed E-state index contributed by atoms with van der Waals surface area (Å²) in [6.07, 6.45) is 4.73. The van der Waals surface area contributed by atoms with Crippen LogP contribution in [0.3, 0.4) is 0 Å². The Hall–Kier alpha value is -2.68. The maximum atomic E-state index is 12.4. The van der Waals surface area contributed by atoms with Crippen LogP contribution in [-0.4, -0.2) is 29.9 Å². The molecule has 3 rings (SSSR count). The van der Waals surface area contributed by atoms with Gasteiger partial charge in [-0.05, 0) is 36.3 Å². The Bertz CT molecular complexity index is 875. The lowest BCUT2D eigenvalue weighted by molar-refractivity contribution is -0.138. The minimum atomic E-state index is -0.580. The van der Waals surface area contributed by atoms with Gasteiger partial charge in [-0.25, -0.2) is 0 Å². The van der Waals surface area contributed by atoms with Crippen LogP contribution in [-0.2, 0) is 14.3 Å². The molecule has 0 saturated carbocycles. The largest absolute Gasteiger partial charge is 0.358 e. The highest BCUT2D eigenvalue weighted by Gasteiger charge is 2.33. The number of halogens is 1. The van der Waals surface area contributed by atoms with E-state index in [1.807, 2.05) is 30.4 Å². The predicted octanol–water partition coefficient (Wildman–Crippen LogP) is 3.10. The Morgan fingerprint density at radius 2 is 1.88 bits per heavy atom. The first kappa shape index (κ1) is 17.2. The molecule has 2 atom stereocenters. The normalized spacial score (nSPS) is 25.0. The van der Waals surface area contributed by atoms with E-state index in [4.69, 9.17) is 16.3 Å². The number of hydrogen-bond donors (Lipinski definition) is 0. The fraction of sp³-hybridized carbons (Fsp3) is 0.211. The SMILES string of the molecule is CC1=C(C#N)C(=O)N(C)C(=O)/C1=C\C1C=CC(c2ccc(Cl)cc2)O1. The van der Waals surface area contributed by atoms with Gasteiger partial charge in [-0.3, -0.25) is 14.5 Å². The molecule has 0 aromatic heterocycles. The Morgan fingerprint density at radius 1 is 1.20 bits per heavy atom. The molecule has 0 fully saturated rings. The molecule has 2 heterocycles. The number of carbonyl (C=O) groups excluding carboxylic acids is 2. The molecule has 126 valence electrons. The Kier molecular flexibility index (Phi) is 4.58. The number of imide groups is 1. The summed E-state index contributed by atoms with van der Waals surface area (Å²) in [5, 5.41) is 9.83. The summed E-state index contributed by atoms with van der Waals surface area (Å²) < 4.78 is 5.93. The first-order valence-electron chi connectivity index (χ1n) is 7.67. The Labute approximate surface area is 150 Å². The van der Waals surface area contributed by atoms with E-state index >= 15 is 0 Å². The summed E-state index contributed by atoms with van der Waals surface area (Å²) in [6.45, 7) is 1.60. The molecule has 2 amide bonds. The van der Waals surface area contributed by atoms with Crippen molar-refractivity contribution in [1.82, 2.24) is 4.90 Å². The van der Waals surface area contributed by atoms with E-state index in [0.29, 0.717) is 16.2 Å². The zero-order chi connectivity index (χ0) is 18.1. The lowest BCUT2D eigenvalue weighted by Crippen LogP contribution is -2.39. The van der Waals surface area contributed by atoms with Crippen molar-refractivity contribution < 1.29 is 14.3 Å². The number of likely N-dealkylation sites (N-methyl/N-ethyl adjacent to an activating group) is 1. The molecule has 0 radical (unpaired) electrons. The van der Waals surface area contributed by atoms with Crippen molar-refractivity contribution in [2.75, 3.05) is 7.05 Å². The molecule has 2 aliphatic rings. The number of rotatable bonds is 2. The summed E-state index contributed by atoms with van der Waals surface area (Å²) >= 11 is 5.89. The summed E-state index contributed by atoms with van der Waals surface area (Å²) in [7, 11) is 1.37. The summed E-state index contributed by atoms with van der Waals surface area (Å²) in [4.78, 5) is 25.3. The van der Waals surface area contributed by atoms with Gasteiger partial charge in [0, 0.05) is 17.6 Å². The number of nitrogens with zero attached hydrogens (tertiary/aromatic N) is 2. The fourth-order valence-electron chi connectivity index (χ4n) is 2.80. The number of carbonyl (C=O) groups is 2. The smallest absolute Gasteiger partial charge is 0.271 e. The molecule has 2 unspecified atom stereocenters. The fourth-order valence-corrected chi connectivity index (χ4v) is 2.92. The van der Waals surface area contributed by atoms with Crippen LogP contribution in [0.1, 0.15) is 18.6 Å². The van der Waals surface area contributed by atoms with Gasteiger partial charge in [0.2, 0.25) is 0 Å². The first-order chi connectivity index (χ1) is 11.9. The van der Waals surface area contributed by atoms with Crippen LogP contribution in [0.15, 0.2) is 59.2 Å². The molecule has 25 heavy (non-hydrogen) atoms. The molecule has 1 aromatic rings. The molecule has 2 aliphatic heterocycles. The van der Waals surface area contributed by atoms with E-state index in [1.165, 1.54) is 7.05 Å². The summed E-state index contributed by atoms with van der Waals surface area (Å²) in [6, 6.07) is 9.21. The van der Waals surface area contributed by atoms with Gasteiger partial charge in [0.1, 0.15) is 17.7 Å². The second-order valence-corrected chi connectivity index (χ2v) is 6.26. The molecule has 0 bridgehead atoms. The van der Waals surface area contributed by atoms with E-state index in [2.05, 4.69) is 0 Å². The minimum Gasteiger partial charge on any atom is -0.358 e. The van der Waals surface area contributed by atoms with E-state index in [9.17, 15) is 14.9 Å². The third-order valence-electron chi connectivity index (χ3n) is 4.25. The number of nitriles is 1. The van der Waals surface area contributed by atoms with Crippen LogP contribution in [0.4, 0.5) is 0 Å². The summed E-state index contributed by atoms with van der Waals surface area (Å²) in [5.74, 6) is -1.02. The van der Waals surface area contributed by atoms with Gasteiger partial charge < -0.3 is 4.74 Å². The Morgan fingerprint density at radius 3 is 2.52 bits per heavy atom. The van der Waals surface area contributed by atoms with E-state index < -0.39 is 17.9 Å². The standard InChI is InChI=1S/C19H15ClN2O3/c1-11-15(18(23)22(2)19(24)16(11)10-21)9-14-7-8-17(25-14)12-3-5-13(20)6-4-12/h3-9,14,17H,1-2H3/b15-9-. The van der Waals surface area contributed by atoms with E-state index in [1.54, 1.807) is 25.1 Å². The monoisotopic (exact) mass is 354 g/mol. The van der Waals surface area contributed by atoms with Crippen LogP contribution >= 0.6 is 11.6 Å². The molecule has 6 heteroatoms. The van der Waals surface area contributed by atoms with Crippen molar-refractivity contribution >= 4 is 23.4 Å². The van der Waals surface area contributed by atoms with Gasteiger partial charge in [-0.15, -0.1) is 0 Å². The third-order valence-corrected chi connectivity index (χ3v) is 4.51. The van der Waals surface area contributed by atoms with Gasteiger partial charge in [0.25, 0.3) is 11.8 Å². The molecule has 0 saturated heterocycles. The molecule has 0 spiro atoms. The molecular weight excluding hydrogens is 340 g/mol. The lowest BCUT2D eigenvalue weighted by atomic mass is 9.94. The van der Waals surface area contributed by atoms with Crippen molar-refractivity contribution in [3.63, 3.8) is 0 Å². The van der Waals surface area contributed by atoms with Gasteiger partial charge in [0.05, 0.1) is 6.10 Å². The highest BCUT2D eigenvalue weighted by Crippen LogP contribution is 2.31. The molecule has 1 aromatic carbocycles. The first-order valence-corrected chi connectivity index (χ1v) is 8.05. The van der Waals surface area contributed by atoms with Crippen molar-refractivity contribution in [3.8, 4) is 6.07 Å². The second kappa shape index (κ2) is 6.67. The second-order valence-electron chi connectivity index (χ2n) is 5.82. The van der Waals surface area contributed by atoms with Gasteiger partial charge in [-0.2, -0.15) is 5.26 Å². The zero-order valence-corrected chi connectivity index (χ0v) is 14.4. The zero-order valence-electron chi connectivity index (χ0n) is 13.7. The van der Waals surface area contributed by atoms with Crippen LogP contribution in [0.5, 0.6) is 0 Å². The average molecular weight is 355 g/mol. The number of benzene rings is 1. The predicted molar refractivity (Wildman–Crippen MR) is 92.4 cm³/mol. The lowest BCUT2D eigenvalue weighted by Gasteiger charge is -2.24. The third kappa shape index (κ3) is 3.14. The topological polar surface area (TPSA) is 70.4 Å². The van der Waals surface area contributed by atoms with Gasteiger partial charge in [0.15, 0.2) is 0 Å². The van der Waals surface area contributed by atoms with Crippen LogP contribution in [0.25, 0.3) is 0 Å². The maximum absolute atomic E-state index is 12.4. The average Bonchev–Trinajstić information content (AvgIpc) is 3.07. The highest BCUT2D eigenvalue weighted by molar-refractivity contribution is 6.30. The Balaban J connectivity index is 1.86. The highest BCUT2D eigenvalue weighted by atomic mass is 35.5. The number of amides is 2. The van der Waals surface area contributed by atoms with Crippen molar-refractivity contribution in [3.05, 3.63) is 69.8 Å². The molecular formula is C19H15ClN2O3. The van der Waals surface area contributed by atoms with Crippen molar-refractivity contribution in [2.24, 2.45) is 0 Å². The van der Waals surface area contributed by atoms with Gasteiger partial charge >= 0.3 is 0 Å². The minimum absolute atomic E-state index is 0.0235. The van der Waals surface area contributed by atoms with Crippen molar-refractivity contribution in [1.29, 1.82) is 5.26 Å². The summed E-state index contributed by atoms with van der Waals surface area (Å²) in [5.41, 5.74) is 1.62. The quantitative estimate of drug-likeness (QED) is 0.465. The maximum Gasteiger partial charge on any atom is 0.271 e. The van der Waals surface area contributed by atoms with Crippen LogP contribution in [0, 0.1) is 11.3 Å². The van der Waals surface area contributed by atoms with E-state index in [0.717, 1.165) is 10.5 Å². The van der Waals surface area contributed by atoms with Crippen LogP contribution in [0.2, 0.25) is 5.02 Å². The van der Waals surface area contributed by atoms with E-state index in [-0.39, 0.29) is 11.7 Å². The molecule has 0 aliphatic carbocycles.